The van der Waals surface area contributed by atoms with Crippen molar-refractivity contribution in [1.82, 2.24) is 9.47 Å². The number of aliphatic carboxylic acids is 1. The maximum Gasteiger partial charge on any atom is 0.328 e. The first-order valence-electron chi connectivity index (χ1n) is 8.65. The van der Waals surface area contributed by atoms with Gasteiger partial charge in [-0.2, -0.15) is 0 Å². The summed E-state index contributed by atoms with van der Waals surface area (Å²) in [6.07, 6.45) is 0. The summed E-state index contributed by atoms with van der Waals surface area (Å²) in [6, 6.07) is 4.61. The summed E-state index contributed by atoms with van der Waals surface area (Å²) in [5, 5.41) is 10.4. The van der Waals surface area contributed by atoms with Gasteiger partial charge in [-0.1, -0.05) is 0 Å². The summed E-state index contributed by atoms with van der Waals surface area (Å²) >= 11 is 0. The fraction of sp³-hybridized carbons (Fsp3) is 0.474. The molecule has 26 heavy (non-hydrogen) atoms. The summed E-state index contributed by atoms with van der Waals surface area (Å²) in [4.78, 5) is 25.7. The van der Waals surface area contributed by atoms with Gasteiger partial charge in [0.1, 0.15) is 0 Å². The van der Waals surface area contributed by atoms with E-state index in [2.05, 4.69) is 11.5 Å². The number of hydrogen-bond donors (Lipinski definition) is 1. The number of benzene rings is 1. The average molecular weight is 360 g/mol. The highest BCUT2D eigenvalue weighted by molar-refractivity contribution is 6.00. The first kappa shape index (κ1) is 18.4. The normalized spacial score (nSPS) is 17.7. The van der Waals surface area contributed by atoms with Crippen LogP contribution >= 0.6 is 0 Å². The lowest BCUT2D eigenvalue weighted by Gasteiger charge is -2.32. The van der Waals surface area contributed by atoms with Gasteiger partial charge in [-0.15, -0.1) is 0 Å². The molecule has 0 unspecified atom stereocenters. The Morgan fingerprint density at radius 2 is 2.12 bits per heavy atom. The zero-order chi connectivity index (χ0) is 18.8. The minimum Gasteiger partial charge on any atom is -0.480 e. The molecule has 7 nitrogen and oxygen atoms in total. The smallest absolute Gasteiger partial charge is 0.328 e. The summed E-state index contributed by atoms with van der Waals surface area (Å²) in [5.74, 6) is -1.32. The van der Waals surface area contributed by atoms with Crippen LogP contribution in [0, 0.1) is 13.8 Å². The number of carbonyl (C=O) groups excluding carboxylic acids is 1. The molecular weight excluding hydrogens is 336 g/mol. The van der Waals surface area contributed by atoms with Crippen LogP contribution in [0.25, 0.3) is 10.9 Å². The summed E-state index contributed by atoms with van der Waals surface area (Å²) in [5.41, 5.74) is 3.79. The predicted molar refractivity (Wildman–Crippen MR) is 96.6 cm³/mol. The highest BCUT2D eigenvalue weighted by atomic mass is 16.5. The van der Waals surface area contributed by atoms with Crippen molar-refractivity contribution in [2.24, 2.45) is 0 Å². The van der Waals surface area contributed by atoms with Crippen molar-refractivity contribution in [2.45, 2.75) is 26.4 Å². The van der Waals surface area contributed by atoms with Gasteiger partial charge in [-0.05, 0) is 37.6 Å². The molecule has 0 radical (unpaired) electrons. The third-order valence-corrected chi connectivity index (χ3v) is 5.08. The van der Waals surface area contributed by atoms with Crippen molar-refractivity contribution in [1.29, 1.82) is 0 Å². The van der Waals surface area contributed by atoms with Crippen molar-refractivity contribution < 1.29 is 24.2 Å². The van der Waals surface area contributed by atoms with E-state index in [1.54, 1.807) is 13.2 Å². The molecule has 1 aromatic heterocycles. The number of aromatic nitrogens is 1. The van der Waals surface area contributed by atoms with E-state index in [9.17, 15) is 14.7 Å². The van der Waals surface area contributed by atoms with Gasteiger partial charge in [0.25, 0.3) is 5.91 Å². The molecule has 7 heteroatoms. The number of amides is 1. The molecule has 0 bridgehead atoms. The second kappa shape index (κ2) is 7.47. The predicted octanol–water partition coefficient (Wildman–Crippen LogP) is 1.83. The molecule has 0 spiro atoms. The number of morpholine rings is 1. The van der Waals surface area contributed by atoms with E-state index in [-0.39, 0.29) is 19.1 Å². The fourth-order valence-corrected chi connectivity index (χ4v) is 3.47. The molecular formula is C19H24N2O5. The second-order valence-corrected chi connectivity index (χ2v) is 6.51. The first-order valence-corrected chi connectivity index (χ1v) is 8.65. The molecule has 2 aromatic rings. The Morgan fingerprint density at radius 1 is 1.35 bits per heavy atom. The third-order valence-electron chi connectivity index (χ3n) is 5.08. The number of ether oxygens (including phenoxy) is 2. The van der Waals surface area contributed by atoms with Gasteiger partial charge < -0.3 is 24.0 Å². The van der Waals surface area contributed by atoms with Gasteiger partial charge in [0.15, 0.2) is 6.04 Å². The van der Waals surface area contributed by atoms with Crippen molar-refractivity contribution in [2.75, 3.05) is 33.5 Å². The number of nitrogens with zero attached hydrogens (tertiary/aromatic N) is 2. The molecule has 1 N–H and O–H groups in total. The zero-order valence-corrected chi connectivity index (χ0v) is 15.3. The van der Waals surface area contributed by atoms with Gasteiger partial charge in [0, 0.05) is 42.4 Å². The largest absolute Gasteiger partial charge is 0.480 e. The number of carbonyl (C=O) groups is 2. The van der Waals surface area contributed by atoms with Gasteiger partial charge in [0.05, 0.1) is 19.8 Å². The molecule has 2 heterocycles. The van der Waals surface area contributed by atoms with Gasteiger partial charge in [-0.3, -0.25) is 4.79 Å². The molecule has 0 saturated carbocycles. The van der Waals surface area contributed by atoms with Crippen LogP contribution in [0.2, 0.25) is 0 Å². The Balaban J connectivity index is 1.97. The summed E-state index contributed by atoms with van der Waals surface area (Å²) in [6.45, 7) is 6.08. The van der Waals surface area contributed by atoms with Crippen molar-refractivity contribution in [3.8, 4) is 0 Å². The van der Waals surface area contributed by atoms with Gasteiger partial charge >= 0.3 is 5.97 Å². The van der Waals surface area contributed by atoms with Gasteiger partial charge in [-0.25, -0.2) is 4.79 Å². The Labute approximate surface area is 152 Å². The highest BCUT2D eigenvalue weighted by Crippen LogP contribution is 2.27. The van der Waals surface area contributed by atoms with E-state index >= 15 is 0 Å². The number of fused-ring (bicyclic) bond motifs is 1. The highest BCUT2D eigenvalue weighted by Gasteiger charge is 2.33. The van der Waals surface area contributed by atoms with Crippen LogP contribution in [0.1, 0.15) is 21.6 Å². The SMILES string of the molecule is COCCn1c(C)c(C)c2cc(C(=O)N3CCOC[C@@H]3C(=O)O)ccc21. The Morgan fingerprint density at radius 3 is 2.81 bits per heavy atom. The Kier molecular flexibility index (Phi) is 5.29. The third kappa shape index (κ3) is 3.20. The molecule has 140 valence electrons. The van der Waals surface area contributed by atoms with Crippen molar-refractivity contribution >= 4 is 22.8 Å². The number of methoxy groups -OCH3 is 1. The fourth-order valence-electron chi connectivity index (χ4n) is 3.47. The van der Waals surface area contributed by atoms with E-state index in [0.717, 1.165) is 28.7 Å². The van der Waals surface area contributed by atoms with Crippen LogP contribution in [0.4, 0.5) is 0 Å². The average Bonchev–Trinajstić information content (AvgIpc) is 2.89. The quantitative estimate of drug-likeness (QED) is 0.880. The Hall–Kier alpha value is -2.38. The number of aryl methyl sites for hydroxylation is 1. The Bertz CT molecular complexity index is 842. The molecule has 1 aliphatic rings. The van der Waals surface area contributed by atoms with E-state index in [1.807, 2.05) is 19.1 Å². The van der Waals surface area contributed by atoms with Crippen molar-refractivity contribution in [3.05, 3.63) is 35.0 Å². The summed E-state index contributed by atoms with van der Waals surface area (Å²) in [7, 11) is 1.67. The number of carboxylic acids is 1. The molecule has 3 rings (SSSR count). The monoisotopic (exact) mass is 360 g/mol. The standard InChI is InChI=1S/C19H24N2O5/c1-12-13(2)20(6-8-25-3)16-5-4-14(10-15(12)16)18(22)21-7-9-26-11-17(21)19(23)24/h4-5,10,17H,6-9,11H2,1-3H3,(H,23,24)/t17-/m1/s1. The van der Waals surface area contributed by atoms with E-state index in [1.165, 1.54) is 4.90 Å². The van der Waals surface area contributed by atoms with E-state index in [4.69, 9.17) is 9.47 Å². The van der Waals surface area contributed by atoms with Crippen LogP contribution in [-0.2, 0) is 20.8 Å². The van der Waals surface area contributed by atoms with Crippen LogP contribution in [0.5, 0.6) is 0 Å². The summed E-state index contributed by atoms with van der Waals surface area (Å²) < 4.78 is 12.6. The minimum atomic E-state index is -1.04. The molecule has 1 amide bonds. The second-order valence-electron chi connectivity index (χ2n) is 6.51. The molecule has 1 fully saturated rings. The van der Waals surface area contributed by atoms with Crippen LogP contribution in [0.15, 0.2) is 18.2 Å². The number of rotatable bonds is 5. The van der Waals surface area contributed by atoms with Crippen LogP contribution < -0.4 is 0 Å². The molecule has 1 saturated heterocycles. The lowest BCUT2D eigenvalue weighted by molar-refractivity contribution is -0.147. The first-order chi connectivity index (χ1) is 12.5. The minimum absolute atomic E-state index is 0.0227. The van der Waals surface area contributed by atoms with Crippen LogP contribution in [0.3, 0.4) is 0 Å². The maximum absolute atomic E-state index is 12.9. The number of hydrogen-bond acceptors (Lipinski definition) is 4. The number of carboxylic acid groups (broad SMARTS) is 1. The lowest BCUT2D eigenvalue weighted by Crippen LogP contribution is -2.52. The molecule has 1 aliphatic heterocycles. The van der Waals surface area contributed by atoms with Crippen LogP contribution in [-0.4, -0.2) is 66.0 Å². The molecule has 1 atom stereocenters. The van der Waals surface area contributed by atoms with E-state index in [0.29, 0.717) is 18.8 Å². The zero-order valence-electron chi connectivity index (χ0n) is 15.3. The lowest BCUT2D eigenvalue weighted by atomic mass is 10.1. The van der Waals surface area contributed by atoms with Gasteiger partial charge in [0.2, 0.25) is 0 Å². The molecule has 0 aliphatic carbocycles. The topological polar surface area (TPSA) is 81.0 Å². The maximum atomic E-state index is 12.9. The molecule has 1 aromatic carbocycles. The van der Waals surface area contributed by atoms with Crippen molar-refractivity contribution in [3.63, 3.8) is 0 Å². The van der Waals surface area contributed by atoms with E-state index < -0.39 is 12.0 Å².